The van der Waals surface area contributed by atoms with Gasteiger partial charge in [0.15, 0.2) is 0 Å². The summed E-state index contributed by atoms with van der Waals surface area (Å²) < 4.78 is 6.40. The molecule has 2 rings (SSSR count). The van der Waals surface area contributed by atoms with Crippen LogP contribution in [0.5, 0.6) is 5.75 Å². The maximum Gasteiger partial charge on any atom is 0.132 e. The lowest BCUT2D eigenvalue weighted by molar-refractivity contribution is 0.412. The molecule has 2 aromatic carbocycles. The van der Waals surface area contributed by atoms with Gasteiger partial charge in [-0.15, -0.1) is 0 Å². The maximum atomic E-state index is 5.25. The predicted octanol–water partition coefficient (Wildman–Crippen LogP) is 3.45. The summed E-state index contributed by atoms with van der Waals surface area (Å²) in [5.74, 6) is 0.944. The van der Waals surface area contributed by atoms with Gasteiger partial charge in [0.25, 0.3) is 0 Å². The number of rotatable bonds is 1. The van der Waals surface area contributed by atoms with Gasteiger partial charge in [0.1, 0.15) is 5.75 Å². The van der Waals surface area contributed by atoms with Crippen LogP contribution in [0.2, 0.25) is 0 Å². The second-order valence-electron chi connectivity index (χ2n) is 2.83. The number of benzene rings is 2. The van der Waals surface area contributed by atoms with Crippen LogP contribution in [0, 0.1) is 3.57 Å². The summed E-state index contributed by atoms with van der Waals surface area (Å²) >= 11 is 2.28. The van der Waals surface area contributed by atoms with Crippen LogP contribution in [0.1, 0.15) is 0 Å². The fourth-order valence-electron chi connectivity index (χ4n) is 1.35. The Balaban J connectivity index is 2.74. The van der Waals surface area contributed by atoms with Gasteiger partial charge >= 0.3 is 0 Å². The zero-order valence-corrected chi connectivity index (χ0v) is 9.41. The summed E-state index contributed by atoms with van der Waals surface area (Å²) in [6.07, 6.45) is 0. The van der Waals surface area contributed by atoms with Crippen molar-refractivity contribution in [3.63, 3.8) is 0 Å². The van der Waals surface area contributed by atoms with E-state index < -0.39 is 0 Å². The van der Waals surface area contributed by atoms with Gasteiger partial charge in [-0.1, -0.05) is 24.3 Å². The number of hydrogen-bond donors (Lipinski definition) is 0. The Bertz CT molecular complexity index is 437. The Kier molecular flexibility index (Phi) is 2.40. The molecule has 0 unspecified atom stereocenters. The SMILES string of the molecule is COc1cc2ccccc2cc1I. The molecule has 0 spiro atoms. The van der Waals surface area contributed by atoms with Crippen molar-refractivity contribution >= 4 is 33.4 Å². The number of ether oxygens (including phenoxy) is 1. The molecule has 0 radical (unpaired) electrons. The first-order valence-electron chi connectivity index (χ1n) is 4.03. The third-order valence-corrected chi connectivity index (χ3v) is 2.86. The van der Waals surface area contributed by atoms with E-state index in [-0.39, 0.29) is 0 Å². The van der Waals surface area contributed by atoms with E-state index in [1.54, 1.807) is 7.11 Å². The van der Waals surface area contributed by atoms with Crippen molar-refractivity contribution in [2.75, 3.05) is 7.11 Å². The fourth-order valence-corrected chi connectivity index (χ4v) is 2.06. The zero-order valence-electron chi connectivity index (χ0n) is 7.25. The van der Waals surface area contributed by atoms with Gasteiger partial charge < -0.3 is 4.74 Å². The van der Waals surface area contributed by atoms with Crippen molar-refractivity contribution in [2.24, 2.45) is 0 Å². The van der Waals surface area contributed by atoms with Crippen LogP contribution in [-0.4, -0.2) is 7.11 Å². The summed E-state index contributed by atoms with van der Waals surface area (Å²) in [6, 6.07) is 12.5. The molecule has 0 fully saturated rings. The number of halogens is 1. The Morgan fingerprint density at radius 1 is 1.08 bits per heavy atom. The highest BCUT2D eigenvalue weighted by Crippen LogP contribution is 2.26. The highest BCUT2D eigenvalue weighted by molar-refractivity contribution is 14.1. The smallest absolute Gasteiger partial charge is 0.132 e. The molecule has 0 saturated heterocycles. The third-order valence-electron chi connectivity index (χ3n) is 2.02. The molecular formula is C11H9IO. The van der Waals surface area contributed by atoms with Gasteiger partial charge in [-0.25, -0.2) is 0 Å². The number of fused-ring (bicyclic) bond motifs is 1. The minimum Gasteiger partial charge on any atom is -0.496 e. The van der Waals surface area contributed by atoms with Crippen LogP contribution in [0.4, 0.5) is 0 Å². The zero-order chi connectivity index (χ0) is 9.26. The van der Waals surface area contributed by atoms with Gasteiger partial charge in [-0.3, -0.25) is 0 Å². The second kappa shape index (κ2) is 3.54. The average Bonchev–Trinajstić information content (AvgIpc) is 2.17. The summed E-state index contributed by atoms with van der Waals surface area (Å²) in [6.45, 7) is 0. The number of methoxy groups -OCH3 is 1. The van der Waals surface area contributed by atoms with Crippen LogP contribution in [0.15, 0.2) is 36.4 Å². The van der Waals surface area contributed by atoms with Gasteiger partial charge in [-0.2, -0.15) is 0 Å². The lowest BCUT2D eigenvalue weighted by Gasteiger charge is -2.04. The first-order chi connectivity index (χ1) is 6.31. The standard InChI is InChI=1S/C11H9IO/c1-13-11-7-9-5-3-2-4-8(9)6-10(11)12/h2-7H,1H3. The molecule has 0 amide bonds. The molecule has 2 aromatic rings. The fraction of sp³-hybridized carbons (Fsp3) is 0.0909. The van der Waals surface area contributed by atoms with Crippen molar-refractivity contribution < 1.29 is 4.74 Å². The first kappa shape index (κ1) is 8.81. The van der Waals surface area contributed by atoms with Gasteiger partial charge in [0.05, 0.1) is 10.7 Å². The van der Waals surface area contributed by atoms with E-state index in [1.165, 1.54) is 10.8 Å². The summed E-state index contributed by atoms with van der Waals surface area (Å²) in [5.41, 5.74) is 0. The van der Waals surface area contributed by atoms with E-state index in [4.69, 9.17) is 4.74 Å². The first-order valence-corrected chi connectivity index (χ1v) is 5.11. The Morgan fingerprint density at radius 3 is 2.31 bits per heavy atom. The normalized spacial score (nSPS) is 10.3. The van der Waals surface area contributed by atoms with E-state index in [0.717, 1.165) is 9.32 Å². The monoisotopic (exact) mass is 284 g/mol. The van der Waals surface area contributed by atoms with Gasteiger partial charge in [0.2, 0.25) is 0 Å². The average molecular weight is 284 g/mol. The minimum absolute atomic E-state index is 0.944. The van der Waals surface area contributed by atoms with E-state index in [2.05, 4.69) is 46.9 Å². The van der Waals surface area contributed by atoms with Crippen LogP contribution >= 0.6 is 22.6 Å². The van der Waals surface area contributed by atoms with E-state index in [1.807, 2.05) is 12.1 Å². The van der Waals surface area contributed by atoms with Crippen LogP contribution in [0.3, 0.4) is 0 Å². The molecule has 1 nitrogen and oxygen atoms in total. The van der Waals surface area contributed by atoms with Gasteiger partial charge in [-0.05, 0) is 45.5 Å². The van der Waals surface area contributed by atoms with E-state index in [0.29, 0.717) is 0 Å². The minimum atomic E-state index is 0.944. The molecule has 0 aliphatic carbocycles. The quantitative estimate of drug-likeness (QED) is 0.729. The molecule has 0 aliphatic rings. The molecule has 0 N–H and O–H groups in total. The van der Waals surface area contributed by atoms with Gasteiger partial charge in [0, 0.05) is 0 Å². The van der Waals surface area contributed by atoms with Crippen molar-refractivity contribution in [3.05, 3.63) is 40.0 Å². The molecule has 2 heteroatoms. The van der Waals surface area contributed by atoms with Crippen LogP contribution < -0.4 is 4.74 Å². The Hall–Kier alpha value is -0.770. The Labute approximate surface area is 90.9 Å². The largest absolute Gasteiger partial charge is 0.496 e. The summed E-state index contributed by atoms with van der Waals surface area (Å²) in [4.78, 5) is 0. The molecule has 0 aromatic heterocycles. The molecule has 0 bridgehead atoms. The molecular weight excluding hydrogens is 275 g/mol. The highest BCUT2D eigenvalue weighted by Gasteiger charge is 2.00. The second-order valence-corrected chi connectivity index (χ2v) is 4.00. The van der Waals surface area contributed by atoms with Crippen LogP contribution in [0.25, 0.3) is 10.8 Å². The van der Waals surface area contributed by atoms with E-state index >= 15 is 0 Å². The topological polar surface area (TPSA) is 9.23 Å². The van der Waals surface area contributed by atoms with Crippen LogP contribution in [-0.2, 0) is 0 Å². The molecule has 13 heavy (non-hydrogen) atoms. The molecule has 0 atom stereocenters. The van der Waals surface area contributed by atoms with Crippen molar-refractivity contribution in [3.8, 4) is 5.75 Å². The van der Waals surface area contributed by atoms with Crippen molar-refractivity contribution in [1.29, 1.82) is 0 Å². The van der Waals surface area contributed by atoms with E-state index in [9.17, 15) is 0 Å². The maximum absolute atomic E-state index is 5.25. The lowest BCUT2D eigenvalue weighted by atomic mass is 10.1. The summed E-state index contributed by atoms with van der Waals surface area (Å²) in [5, 5.41) is 2.48. The van der Waals surface area contributed by atoms with Crippen molar-refractivity contribution in [1.82, 2.24) is 0 Å². The summed E-state index contributed by atoms with van der Waals surface area (Å²) in [7, 11) is 1.70. The van der Waals surface area contributed by atoms with Crippen molar-refractivity contribution in [2.45, 2.75) is 0 Å². The molecule has 0 aliphatic heterocycles. The Morgan fingerprint density at radius 2 is 1.69 bits per heavy atom. The number of hydrogen-bond acceptors (Lipinski definition) is 1. The lowest BCUT2D eigenvalue weighted by Crippen LogP contribution is -1.86. The highest BCUT2D eigenvalue weighted by atomic mass is 127. The third kappa shape index (κ3) is 1.63. The molecule has 66 valence electrons. The molecule has 0 saturated carbocycles. The predicted molar refractivity (Wildman–Crippen MR) is 63.2 cm³/mol. The molecule has 0 heterocycles.